The van der Waals surface area contributed by atoms with Crippen LogP contribution in [0.3, 0.4) is 0 Å². The Morgan fingerprint density at radius 2 is 2.00 bits per heavy atom. The second-order valence-corrected chi connectivity index (χ2v) is 6.54. The van der Waals surface area contributed by atoms with Crippen molar-refractivity contribution < 1.29 is 19.1 Å². The van der Waals surface area contributed by atoms with E-state index in [1.54, 1.807) is 4.90 Å². The molecule has 2 saturated heterocycles. The summed E-state index contributed by atoms with van der Waals surface area (Å²) >= 11 is 0. The lowest BCUT2D eigenvalue weighted by atomic mass is 9.75. The van der Waals surface area contributed by atoms with Gasteiger partial charge in [0.25, 0.3) is 0 Å². The van der Waals surface area contributed by atoms with Crippen LogP contribution in [0.5, 0.6) is 0 Å². The number of carbonyl (C=O) groups excluding carboxylic acids is 2. The first-order chi connectivity index (χ1) is 9.30. The Kier molecular flexibility index (Phi) is 3.95. The molecule has 0 radical (unpaired) electrons. The van der Waals surface area contributed by atoms with E-state index < -0.39 is 11.0 Å². The number of piperidine rings is 1. The van der Waals surface area contributed by atoms with E-state index in [9.17, 15) is 9.59 Å². The van der Waals surface area contributed by atoms with Gasteiger partial charge in [-0.25, -0.2) is 4.79 Å². The Balaban J connectivity index is 2.18. The van der Waals surface area contributed by atoms with Gasteiger partial charge in [0.1, 0.15) is 5.60 Å². The lowest BCUT2D eigenvalue weighted by Crippen LogP contribution is -2.57. The van der Waals surface area contributed by atoms with Crippen molar-refractivity contribution in [1.82, 2.24) is 10.2 Å². The molecule has 2 rings (SSSR count). The summed E-state index contributed by atoms with van der Waals surface area (Å²) in [6.07, 6.45) is 0.992. The predicted molar refractivity (Wildman–Crippen MR) is 73.3 cm³/mol. The average Bonchev–Trinajstić information content (AvgIpc) is 2.76. The second kappa shape index (κ2) is 5.24. The maximum Gasteiger partial charge on any atom is 0.410 e. The zero-order chi connectivity index (χ0) is 15.0. The smallest absolute Gasteiger partial charge is 0.410 e. The van der Waals surface area contributed by atoms with Crippen molar-refractivity contribution in [1.29, 1.82) is 0 Å². The summed E-state index contributed by atoms with van der Waals surface area (Å²) in [5.41, 5.74) is -1.10. The molecule has 0 aromatic rings. The van der Waals surface area contributed by atoms with Gasteiger partial charge in [-0.3, -0.25) is 4.79 Å². The van der Waals surface area contributed by atoms with Gasteiger partial charge >= 0.3 is 12.1 Å². The molecule has 114 valence electrons. The number of rotatable bonds is 1. The molecule has 2 aliphatic rings. The highest BCUT2D eigenvalue weighted by molar-refractivity contribution is 5.81. The molecule has 0 spiro atoms. The summed E-state index contributed by atoms with van der Waals surface area (Å²) in [4.78, 5) is 26.2. The van der Waals surface area contributed by atoms with Crippen molar-refractivity contribution in [3.8, 4) is 0 Å². The highest BCUT2D eigenvalue weighted by Gasteiger charge is 2.56. The van der Waals surface area contributed by atoms with Crippen molar-refractivity contribution in [3.63, 3.8) is 0 Å². The third-order valence-electron chi connectivity index (χ3n) is 4.12. The van der Waals surface area contributed by atoms with E-state index in [4.69, 9.17) is 9.47 Å². The zero-order valence-corrected chi connectivity index (χ0v) is 12.7. The number of nitrogens with zero attached hydrogens (tertiary/aromatic N) is 1. The van der Waals surface area contributed by atoms with Crippen LogP contribution in [0, 0.1) is 5.41 Å². The van der Waals surface area contributed by atoms with E-state index in [-0.39, 0.29) is 18.1 Å². The van der Waals surface area contributed by atoms with Crippen LogP contribution >= 0.6 is 0 Å². The third kappa shape index (κ3) is 2.61. The number of hydrogen-bond acceptors (Lipinski definition) is 5. The fourth-order valence-corrected chi connectivity index (χ4v) is 3.17. The quantitative estimate of drug-likeness (QED) is 0.732. The molecule has 1 amide bonds. The average molecular weight is 284 g/mol. The normalized spacial score (nSPS) is 29.8. The van der Waals surface area contributed by atoms with Gasteiger partial charge in [0.2, 0.25) is 0 Å². The van der Waals surface area contributed by atoms with Crippen molar-refractivity contribution in [2.45, 2.75) is 45.3 Å². The Hall–Kier alpha value is -1.30. The molecule has 2 atom stereocenters. The predicted octanol–water partition coefficient (Wildman–Crippen LogP) is 1.15. The van der Waals surface area contributed by atoms with Gasteiger partial charge in [-0.1, -0.05) is 0 Å². The molecule has 2 unspecified atom stereocenters. The fraction of sp³-hybridized carbons (Fsp3) is 0.857. The minimum absolute atomic E-state index is 0.182. The molecule has 2 heterocycles. The monoisotopic (exact) mass is 284 g/mol. The van der Waals surface area contributed by atoms with Crippen molar-refractivity contribution in [3.05, 3.63) is 0 Å². The van der Waals surface area contributed by atoms with Crippen LogP contribution in [0.2, 0.25) is 0 Å². The first-order valence-corrected chi connectivity index (χ1v) is 7.09. The fourth-order valence-electron chi connectivity index (χ4n) is 3.17. The molecule has 0 saturated carbocycles. The van der Waals surface area contributed by atoms with E-state index in [1.807, 2.05) is 20.8 Å². The molecule has 20 heavy (non-hydrogen) atoms. The number of amides is 1. The molecule has 1 N–H and O–H groups in total. The van der Waals surface area contributed by atoms with Gasteiger partial charge in [0.15, 0.2) is 0 Å². The second-order valence-electron chi connectivity index (χ2n) is 6.54. The van der Waals surface area contributed by atoms with Crippen LogP contribution in [0.15, 0.2) is 0 Å². The minimum atomic E-state index is -0.573. The summed E-state index contributed by atoms with van der Waals surface area (Å²) in [5.74, 6) is -0.213. The number of methoxy groups -OCH3 is 1. The maximum absolute atomic E-state index is 12.3. The zero-order valence-electron chi connectivity index (χ0n) is 12.7. The van der Waals surface area contributed by atoms with Gasteiger partial charge < -0.3 is 19.7 Å². The van der Waals surface area contributed by atoms with Crippen LogP contribution in [0.25, 0.3) is 0 Å². The van der Waals surface area contributed by atoms with Gasteiger partial charge in [-0.15, -0.1) is 0 Å². The van der Waals surface area contributed by atoms with Gasteiger partial charge in [-0.05, 0) is 40.2 Å². The molecular formula is C14H24N2O4. The van der Waals surface area contributed by atoms with Gasteiger partial charge in [0, 0.05) is 13.1 Å². The Bertz CT molecular complexity index is 404. The van der Waals surface area contributed by atoms with Crippen LogP contribution in [-0.4, -0.2) is 55.3 Å². The molecule has 2 aliphatic heterocycles. The van der Waals surface area contributed by atoms with Gasteiger partial charge in [-0.2, -0.15) is 0 Å². The molecule has 0 aliphatic carbocycles. The highest BCUT2D eigenvalue weighted by Crippen LogP contribution is 2.43. The molecule has 0 aromatic heterocycles. The lowest BCUT2D eigenvalue weighted by Gasteiger charge is -2.39. The summed E-state index contributed by atoms with van der Waals surface area (Å²) in [7, 11) is 1.41. The van der Waals surface area contributed by atoms with Crippen molar-refractivity contribution >= 4 is 12.1 Å². The van der Waals surface area contributed by atoms with E-state index in [0.717, 1.165) is 6.54 Å². The minimum Gasteiger partial charge on any atom is -0.469 e. The summed E-state index contributed by atoms with van der Waals surface area (Å²) < 4.78 is 10.4. The number of likely N-dealkylation sites (tertiary alicyclic amines) is 1. The molecule has 6 heteroatoms. The number of nitrogens with one attached hydrogen (secondary N) is 1. The molecule has 0 bridgehead atoms. The summed E-state index contributed by atoms with van der Waals surface area (Å²) in [5, 5.41) is 3.25. The first-order valence-electron chi connectivity index (χ1n) is 7.09. The van der Waals surface area contributed by atoms with E-state index >= 15 is 0 Å². The Labute approximate surface area is 119 Å². The van der Waals surface area contributed by atoms with Gasteiger partial charge in [0.05, 0.1) is 18.6 Å². The van der Waals surface area contributed by atoms with Crippen molar-refractivity contribution in [2.75, 3.05) is 26.7 Å². The van der Waals surface area contributed by atoms with E-state index in [0.29, 0.717) is 25.9 Å². The Morgan fingerprint density at radius 3 is 2.60 bits per heavy atom. The molecular weight excluding hydrogens is 260 g/mol. The summed E-state index contributed by atoms with van der Waals surface area (Å²) in [6, 6.07) is -0.182. The van der Waals surface area contributed by atoms with Crippen LogP contribution < -0.4 is 5.32 Å². The Morgan fingerprint density at radius 1 is 1.30 bits per heavy atom. The van der Waals surface area contributed by atoms with E-state index in [2.05, 4.69) is 5.32 Å². The number of fused-ring (bicyclic) bond motifs is 1. The standard InChI is InChI=1S/C14H24N2O4/c1-13(2,3)20-12(18)16-8-6-14(11(17)19-4)5-7-15-9-10(14)16/h10,15H,5-9H2,1-4H3. The number of ether oxygens (including phenoxy) is 2. The van der Waals surface area contributed by atoms with Crippen molar-refractivity contribution in [2.24, 2.45) is 5.41 Å². The maximum atomic E-state index is 12.3. The lowest BCUT2D eigenvalue weighted by molar-refractivity contribution is -0.155. The third-order valence-corrected chi connectivity index (χ3v) is 4.12. The summed E-state index contributed by atoms with van der Waals surface area (Å²) in [6.45, 7) is 7.44. The number of esters is 1. The van der Waals surface area contributed by atoms with E-state index in [1.165, 1.54) is 7.11 Å². The molecule has 6 nitrogen and oxygen atoms in total. The topological polar surface area (TPSA) is 67.9 Å². The van der Waals surface area contributed by atoms with Crippen LogP contribution in [-0.2, 0) is 14.3 Å². The first kappa shape index (κ1) is 15.1. The largest absolute Gasteiger partial charge is 0.469 e. The highest BCUT2D eigenvalue weighted by atomic mass is 16.6. The number of carbonyl (C=O) groups is 2. The molecule has 0 aromatic carbocycles. The SMILES string of the molecule is COC(=O)C12CCNCC1N(C(=O)OC(C)(C)C)CC2. The van der Waals surface area contributed by atoms with Crippen LogP contribution in [0.4, 0.5) is 4.79 Å². The molecule has 2 fully saturated rings. The number of hydrogen-bond donors (Lipinski definition) is 1. The van der Waals surface area contributed by atoms with Crippen LogP contribution in [0.1, 0.15) is 33.6 Å².